The highest BCUT2D eigenvalue weighted by Gasteiger charge is 2.15. The first kappa shape index (κ1) is 13.5. The van der Waals surface area contributed by atoms with E-state index in [-0.39, 0.29) is 12.5 Å². The molecule has 2 rings (SSSR count). The molecule has 2 aromatic rings. The van der Waals surface area contributed by atoms with Crippen molar-refractivity contribution in [3.05, 3.63) is 47.9 Å². The predicted molar refractivity (Wildman–Crippen MR) is 71.8 cm³/mol. The van der Waals surface area contributed by atoms with Crippen LogP contribution in [0, 0.1) is 6.92 Å². The largest absolute Gasteiger partial charge is 0.497 e. The second-order valence-electron chi connectivity index (χ2n) is 4.32. The molecular weight excluding hydrogens is 244 g/mol. The monoisotopic (exact) mass is 262 g/mol. The molecule has 0 radical (unpaired) electrons. The summed E-state index contributed by atoms with van der Waals surface area (Å²) in [5.74, 6) is 2.85. The SMILES string of the molecule is COc1cccc(OCC(CO)c2ccc(C)o2)c1. The molecule has 0 spiro atoms. The number of furan rings is 1. The van der Waals surface area contributed by atoms with E-state index in [9.17, 15) is 5.11 Å². The number of ether oxygens (including phenoxy) is 2. The molecule has 1 heterocycles. The maximum atomic E-state index is 9.40. The van der Waals surface area contributed by atoms with Crippen LogP contribution in [0.15, 0.2) is 40.8 Å². The highest BCUT2D eigenvalue weighted by molar-refractivity contribution is 5.32. The number of methoxy groups -OCH3 is 1. The molecule has 19 heavy (non-hydrogen) atoms. The quantitative estimate of drug-likeness (QED) is 0.869. The lowest BCUT2D eigenvalue weighted by molar-refractivity contribution is 0.189. The Morgan fingerprint density at radius 3 is 2.63 bits per heavy atom. The van der Waals surface area contributed by atoms with Gasteiger partial charge >= 0.3 is 0 Å². The van der Waals surface area contributed by atoms with Crippen molar-refractivity contribution in [2.24, 2.45) is 0 Å². The van der Waals surface area contributed by atoms with Crippen molar-refractivity contribution in [3.8, 4) is 11.5 Å². The zero-order chi connectivity index (χ0) is 13.7. The van der Waals surface area contributed by atoms with Gasteiger partial charge in [-0.2, -0.15) is 0 Å². The van der Waals surface area contributed by atoms with Crippen LogP contribution in [0.1, 0.15) is 17.4 Å². The number of aryl methyl sites for hydroxylation is 1. The minimum absolute atomic E-state index is 0.0169. The molecule has 0 aliphatic carbocycles. The molecule has 1 aromatic heterocycles. The topological polar surface area (TPSA) is 51.8 Å². The van der Waals surface area contributed by atoms with Gasteiger partial charge in [-0.05, 0) is 31.2 Å². The van der Waals surface area contributed by atoms with Crippen molar-refractivity contribution in [1.82, 2.24) is 0 Å². The fraction of sp³-hybridized carbons (Fsp3) is 0.333. The fourth-order valence-corrected chi connectivity index (χ4v) is 1.79. The zero-order valence-corrected chi connectivity index (χ0v) is 11.1. The molecule has 0 aliphatic heterocycles. The Hall–Kier alpha value is -1.94. The van der Waals surface area contributed by atoms with E-state index in [1.54, 1.807) is 7.11 Å². The van der Waals surface area contributed by atoms with Crippen LogP contribution >= 0.6 is 0 Å². The summed E-state index contributed by atoms with van der Waals surface area (Å²) in [5, 5.41) is 9.40. The number of rotatable bonds is 6. The Labute approximate surface area is 112 Å². The van der Waals surface area contributed by atoms with Crippen molar-refractivity contribution in [2.45, 2.75) is 12.8 Å². The van der Waals surface area contributed by atoms with Gasteiger partial charge in [-0.1, -0.05) is 6.07 Å². The van der Waals surface area contributed by atoms with Gasteiger partial charge in [0.05, 0.1) is 19.6 Å². The van der Waals surface area contributed by atoms with Gasteiger partial charge in [-0.3, -0.25) is 0 Å². The van der Waals surface area contributed by atoms with Crippen LogP contribution in [-0.2, 0) is 0 Å². The smallest absolute Gasteiger partial charge is 0.123 e. The van der Waals surface area contributed by atoms with Gasteiger partial charge in [-0.25, -0.2) is 0 Å². The highest BCUT2D eigenvalue weighted by atomic mass is 16.5. The van der Waals surface area contributed by atoms with E-state index < -0.39 is 0 Å². The Bertz CT molecular complexity index is 518. The summed E-state index contributed by atoms with van der Waals surface area (Å²) in [5.41, 5.74) is 0. The van der Waals surface area contributed by atoms with Crippen LogP contribution in [0.3, 0.4) is 0 Å². The number of hydrogen-bond donors (Lipinski definition) is 1. The summed E-state index contributed by atoms with van der Waals surface area (Å²) in [7, 11) is 1.61. The van der Waals surface area contributed by atoms with Gasteiger partial charge in [0, 0.05) is 6.07 Å². The third kappa shape index (κ3) is 3.51. The van der Waals surface area contributed by atoms with Crippen molar-refractivity contribution in [2.75, 3.05) is 20.3 Å². The second kappa shape index (κ2) is 6.29. The van der Waals surface area contributed by atoms with Crippen molar-refractivity contribution >= 4 is 0 Å². The Kier molecular flexibility index (Phi) is 4.47. The van der Waals surface area contributed by atoms with Gasteiger partial charge < -0.3 is 19.0 Å². The molecule has 0 aliphatic rings. The number of aliphatic hydroxyl groups is 1. The van der Waals surface area contributed by atoms with Crippen LogP contribution in [0.5, 0.6) is 11.5 Å². The predicted octanol–water partition coefficient (Wildman–Crippen LogP) is 2.75. The van der Waals surface area contributed by atoms with E-state index in [4.69, 9.17) is 13.9 Å². The molecule has 1 N–H and O–H groups in total. The van der Waals surface area contributed by atoms with E-state index >= 15 is 0 Å². The normalized spacial score (nSPS) is 12.2. The van der Waals surface area contributed by atoms with Gasteiger partial charge in [0.2, 0.25) is 0 Å². The van der Waals surface area contributed by atoms with Gasteiger partial charge in [0.15, 0.2) is 0 Å². The van der Waals surface area contributed by atoms with E-state index in [1.807, 2.05) is 43.3 Å². The lowest BCUT2D eigenvalue weighted by Crippen LogP contribution is -2.13. The summed E-state index contributed by atoms with van der Waals surface area (Å²) in [6.45, 7) is 2.22. The number of benzene rings is 1. The van der Waals surface area contributed by atoms with Crippen LogP contribution in [0.4, 0.5) is 0 Å². The summed E-state index contributed by atoms with van der Waals surface area (Å²) in [4.78, 5) is 0. The molecule has 1 aromatic carbocycles. The van der Waals surface area contributed by atoms with Gasteiger partial charge in [-0.15, -0.1) is 0 Å². The van der Waals surface area contributed by atoms with Crippen molar-refractivity contribution in [3.63, 3.8) is 0 Å². The molecule has 1 unspecified atom stereocenters. The summed E-state index contributed by atoms with van der Waals surface area (Å²) < 4.78 is 16.3. The van der Waals surface area contributed by atoms with Gasteiger partial charge in [0.25, 0.3) is 0 Å². The minimum atomic E-state index is -0.167. The lowest BCUT2D eigenvalue weighted by atomic mass is 10.1. The average molecular weight is 262 g/mol. The summed E-state index contributed by atoms with van der Waals surface area (Å²) in [6, 6.07) is 11.1. The Morgan fingerprint density at radius 1 is 1.21 bits per heavy atom. The molecule has 0 saturated carbocycles. The molecule has 0 amide bonds. The van der Waals surface area contributed by atoms with E-state index in [1.165, 1.54) is 0 Å². The fourth-order valence-electron chi connectivity index (χ4n) is 1.79. The highest BCUT2D eigenvalue weighted by Crippen LogP contribution is 2.22. The van der Waals surface area contributed by atoms with E-state index in [0.29, 0.717) is 12.4 Å². The maximum absolute atomic E-state index is 9.40. The standard InChI is InChI=1S/C15H18O4/c1-11-6-7-15(19-11)12(9-16)10-18-14-5-3-4-13(8-14)17-2/h3-8,12,16H,9-10H2,1-2H3. The molecule has 0 saturated heterocycles. The summed E-state index contributed by atoms with van der Waals surface area (Å²) >= 11 is 0. The average Bonchev–Trinajstić information content (AvgIpc) is 2.86. The molecular formula is C15H18O4. The molecule has 0 bridgehead atoms. The first-order valence-corrected chi connectivity index (χ1v) is 6.17. The minimum Gasteiger partial charge on any atom is -0.497 e. The molecule has 4 heteroatoms. The van der Waals surface area contributed by atoms with Crippen LogP contribution < -0.4 is 9.47 Å². The molecule has 1 atom stereocenters. The number of hydrogen-bond acceptors (Lipinski definition) is 4. The van der Waals surface area contributed by atoms with Crippen molar-refractivity contribution < 1.29 is 19.0 Å². The van der Waals surface area contributed by atoms with Gasteiger partial charge in [0.1, 0.15) is 29.6 Å². The third-order valence-corrected chi connectivity index (χ3v) is 2.88. The molecule has 4 nitrogen and oxygen atoms in total. The van der Waals surface area contributed by atoms with E-state index in [2.05, 4.69) is 0 Å². The zero-order valence-electron chi connectivity index (χ0n) is 11.1. The second-order valence-corrected chi connectivity index (χ2v) is 4.32. The molecule has 0 fully saturated rings. The van der Waals surface area contributed by atoms with Crippen LogP contribution in [-0.4, -0.2) is 25.4 Å². The Balaban J connectivity index is 1.99. The number of aliphatic hydroxyl groups excluding tert-OH is 1. The van der Waals surface area contributed by atoms with Crippen molar-refractivity contribution in [1.29, 1.82) is 0 Å². The maximum Gasteiger partial charge on any atom is 0.123 e. The summed E-state index contributed by atoms with van der Waals surface area (Å²) in [6.07, 6.45) is 0. The Morgan fingerprint density at radius 2 is 2.00 bits per heavy atom. The third-order valence-electron chi connectivity index (χ3n) is 2.88. The first-order chi connectivity index (χ1) is 9.22. The lowest BCUT2D eigenvalue weighted by Gasteiger charge is -2.13. The van der Waals surface area contributed by atoms with Crippen LogP contribution in [0.25, 0.3) is 0 Å². The van der Waals surface area contributed by atoms with Crippen LogP contribution in [0.2, 0.25) is 0 Å². The molecule has 102 valence electrons. The van der Waals surface area contributed by atoms with E-state index in [0.717, 1.165) is 17.3 Å². The first-order valence-electron chi connectivity index (χ1n) is 6.17.